The van der Waals surface area contributed by atoms with Crippen molar-refractivity contribution in [2.24, 2.45) is 0 Å². The lowest BCUT2D eigenvalue weighted by Gasteiger charge is -1.91. The fourth-order valence-corrected chi connectivity index (χ4v) is 2.34. The van der Waals surface area contributed by atoms with Gasteiger partial charge in [-0.3, -0.25) is 4.98 Å². The van der Waals surface area contributed by atoms with Crippen molar-refractivity contribution in [3.8, 4) is 11.4 Å². The van der Waals surface area contributed by atoms with Gasteiger partial charge in [-0.1, -0.05) is 24.3 Å². The molecule has 0 aliphatic carbocycles. The highest BCUT2D eigenvalue weighted by atomic mass is 32.1. The summed E-state index contributed by atoms with van der Waals surface area (Å²) in [6.07, 6.45) is 4.65. The van der Waals surface area contributed by atoms with Crippen molar-refractivity contribution in [2.75, 3.05) is 0 Å². The maximum absolute atomic E-state index is 4.51. The highest BCUT2D eigenvalue weighted by Crippen LogP contribution is 2.20. The summed E-state index contributed by atoms with van der Waals surface area (Å²) in [4.78, 5) is 9.70. The molecule has 16 heavy (non-hydrogen) atoms. The minimum absolute atomic E-state index is 0.877. The molecule has 4 nitrogen and oxygen atoms in total. The fourth-order valence-electron chi connectivity index (χ4n) is 1.52. The van der Waals surface area contributed by atoms with Crippen LogP contribution in [0.1, 0.15) is 11.9 Å². The summed E-state index contributed by atoms with van der Waals surface area (Å²) >= 11 is 1.63. The van der Waals surface area contributed by atoms with E-state index >= 15 is 0 Å². The molecule has 0 aliphatic rings. The van der Waals surface area contributed by atoms with Crippen LogP contribution >= 0.6 is 11.3 Å². The molecule has 0 aliphatic heterocycles. The molecule has 0 amide bonds. The molecular formula is C11H10N4S. The SMILES string of the molecule is CCc1nn2cc(-c3ccccn3)nc2s1. The monoisotopic (exact) mass is 230 g/mol. The predicted octanol–water partition coefficient (Wildman–Crippen LogP) is 2.42. The number of rotatable bonds is 2. The Kier molecular flexibility index (Phi) is 2.18. The maximum Gasteiger partial charge on any atom is 0.212 e. The quantitative estimate of drug-likeness (QED) is 0.679. The molecule has 3 aromatic rings. The molecule has 0 aromatic carbocycles. The van der Waals surface area contributed by atoms with E-state index in [-0.39, 0.29) is 0 Å². The summed E-state index contributed by atoms with van der Waals surface area (Å²) in [5.41, 5.74) is 1.76. The van der Waals surface area contributed by atoms with Crippen molar-refractivity contribution in [2.45, 2.75) is 13.3 Å². The van der Waals surface area contributed by atoms with E-state index in [0.29, 0.717) is 0 Å². The lowest BCUT2D eigenvalue weighted by molar-refractivity contribution is 0.910. The van der Waals surface area contributed by atoms with E-state index < -0.39 is 0 Å². The van der Waals surface area contributed by atoms with Gasteiger partial charge in [0.15, 0.2) is 0 Å². The number of aromatic nitrogens is 4. The van der Waals surface area contributed by atoms with E-state index in [0.717, 1.165) is 27.8 Å². The maximum atomic E-state index is 4.51. The molecule has 0 radical (unpaired) electrons. The molecule has 0 saturated carbocycles. The third-order valence-corrected chi connectivity index (χ3v) is 3.38. The summed E-state index contributed by atoms with van der Waals surface area (Å²) in [6, 6.07) is 5.81. The standard InChI is InChI=1S/C11H10N4S/c1-2-10-14-15-7-9(13-11(15)16-10)8-5-3-4-6-12-8/h3-7H,2H2,1H3. The Morgan fingerprint density at radius 2 is 2.25 bits per heavy atom. The second-order valence-electron chi connectivity index (χ2n) is 3.42. The Balaban J connectivity index is 2.10. The van der Waals surface area contributed by atoms with Gasteiger partial charge in [-0.2, -0.15) is 5.10 Å². The van der Waals surface area contributed by atoms with Crippen molar-refractivity contribution in [1.29, 1.82) is 0 Å². The third-order valence-electron chi connectivity index (χ3n) is 2.31. The Bertz CT molecular complexity index is 580. The van der Waals surface area contributed by atoms with E-state index in [2.05, 4.69) is 22.0 Å². The average molecular weight is 230 g/mol. The summed E-state index contributed by atoms with van der Waals surface area (Å²) in [5.74, 6) is 0. The van der Waals surface area contributed by atoms with Crippen LogP contribution in [0.15, 0.2) is 30.6 Å². The molecule has 3 heterocycles. The average Bonchev–Trinajstić information content (AvgIpc) is 2.87. The van der Waals surface area contributed by atoms with Crippen molar-refractivity contribution >= 4 is 16.3 Å². The molecule has 0 N–H and O–H groups in total. The number of pyridine rings is 1. The van der Waals surface area contributed by atoms with Crippen molar-refractivity contribution in [1.82, 2.24) is 19.6 Å². The molecular weight excluding hydrogens is 220 g/mol. The van der Waals surface area contributed by atoms with Gasteiger partial charge in [0.2, 0.25) is 4.96 Å². The molecule has 0 bridgehead atoms. The second-order valence-corrected chi connectivity index (χ2v) is 4.46. The molecule has 80 valence electrons. The van der Waals surface area contributed by atoms with Crippen LogP contribution in [0.5, 0.6) is 0 Å². The van der Waals surface area contributed by atoms with Crippen LogP contribution in [0.3, 0.4) is 0 Å². The van der Waals surface area contributed by atoms with E-state index in [1.165, 1.54) is 0 Å². The molecule has 0 atom stereocenters. The molecule has 0 spiro atoms. The normalized spacial score (nSPS) is 11.1. The topological polar surface area (TPSA) is 43.1 Å². The molecule has 0 fully saturated rings. The van der Waals surface area contributed by atoms with Crippen LogP contribution in [0, 0.1) is 0 Å². The van der Waals surface area contributed by atoms with Crippen LogP contribution in [0.2, 0.25) is 0 Å². The first kappa shape index (κ1) is 9.47. The van der Waals surface area contributed by atoms with Crippen molar-refractivity contribution in [3.05, 3.63) is 35.6 Å². The lowest BCUT2D eigenvalue weighted by Crippen LogP contribution is -1.84. The Morgan fingerprint density at radius 1 is 1.31 bits per heavy atom. The number of imidazole rings is 1. The first-order valence-corrected chi connectivity index (χ1v) is 5.95. The van der Waals surface area contributed by atoms with Crippen LogP contribution in [0.25, 0.3) is 16.3 Å². The van der Waals surface area contributed by atoms with Crippen molar-refractivity contribution < 1.29 is 0 Å². The van der Waals surface area contributed by atoms with E-state index in [1.54, 1.807) is 17.5 Å². The van der Waals surface area contributed by atoms with Crippen molar-refractivity contribution in [3.63, 3.8) is 0 Å². The number of aryl methyl sites for hydroxylation is 1. The fraction of sp³-hybridized carbons (Fsp3) is 0.182. The van der Waals surface area contributed by atoms with Gasteiger partial charge >= 0.3 is 0 Å². The first-order valence-electron chi connectivity index (χ1n) is 5.13. The molecule has 5 heteroatoms. The summed E-state index contributed by atoms with van der Waals surface area (Å²) in [7, 11) is 0. The van der Waals surface area contributed by atoms with E-state index in [4.69, 9.17) is 0 Å². The zero-order chi connectivity index (χ0) is 11.0. The molecule has 0 saturated heterocycles. The van der Waals surface area contributed by atoms with Gasteiger partial charge in [-0.25, -0.2) is 9.50 Å². The Hall–Kier alpha value is -1.75. The Morgan fingerprint density at radius 3 is 2.94 bits per heavy atom. The van der Waals surface area contributed by atoms with E-state index in [1.807, 2.05) is 28.9 Å². The second kappa shape index (κ2) is 3.68. The van der Waals surface area contributed by atoms with Crippen LogP contribution in [-0.4, -0.2) is 19.6 Å². The third kappa shape index (κ3) is 1.49. The zero-order valence-electron chi connectivity index (χ0n) is 8.79. The van der Waals surface area contributed by atoms with Gasteiger partial charge in [0, 0.05) is 6.20 Å². The van der Waals surface area contributed by atoms with Crippen LogP contribution in [0.4, 0.5) is 0 Å². The zero-order valence-corrected chi connectivity index (χ0v) is 9.61. The minimum atomic E-state index is 0.877. The summed E-state index contributed by atoms with van der Waals surface area (Å²) in [6.45, 7) is 2.10. The van der Waals surface area contributed by atoms with Gasteiger partial charge in [0.25, 0.3) is 0 Å². The number of hydrogen-bond acceptors (Lipinski definition) is 4. The Labute approximate surface area is 96.6 Å². The molecule has 3 aromatic heterocycles. The smallest absolute Gasteiger partial charge is 0.212 e. The lowest BCUT2D eigenvalue weighted by atomic mass is 10.3. The predicted molar refractivity (Wildman–Crippen MR) is 63.5 cm³/mol. The van der Waals surface area contributed by atoms with E-state index in [9.17, 15) is 0 Å². The highest BCUT2D eigenvalue weighted by Gasteiger charge is 2.08. The summed E-state index contributed by atoms with van der Waals surface area (Å²) < 4.78 is 1.83. The minimum Gasteiger partial charge on any atom is -0.255 e. The molecule has 3 rings (SSSR count). The van der Waals surface area contributed by atoms with Crippen LogP contribution < -0.4 is 0 Å². The van der Waals surface area contributed by atoms with Gasteiger partial charge in [-0.05, 0) is 18.6 Å². The highest BCUT2D eigenvalue weighted by molar-refractivity contribution is 7.16. The first-order chi connectivity index (χ1) is 7.86. The van der Waals surface area contributed by atoms with Gasteiger partial charge in [-0.15, -0.1) is 0 Å². The van der Waals surface area contributed by atoms with Crippen LogP contribution in [-0.2, 0) is 6.42 Å². The largest absolute Gasteiger partial charge is 0.255 e. The number of nitrogens with zero attached hydrogens (tertiary/aromatic N) is 4. The number of fused-ring (bicyclic) bond motifs is 1. The van der Waals surface area contributed by atoms with Gasteiger partial charge in [0.05, 0.1) is 11.9 Å². The number of hydrogen-bond donors (Lipinski definition) is 0. The molecule has 0 unspecified atom stereocenters. The van der Waals surface area contributed by atoms with Gasteiger partial charge < -0.3 is 0 Å². The van der Waals surface area contributed by atoms with Gasteiger partial charge in [0.1, 0.15) is 10.7 Å². The summed E-state index contributed by atoms with van der Waals surface area (Å²) in [5, 5.41) is 5.53.